The Morgan fingerprint density at radius 2 is 2.20 bits per heavy atom. The molecule has 1 atom stereocenters. The highest BCUT2D eigenvalue weighted by atomic mass is 16.5. The fourth-order valence-electron chi connectivity index (χ4n) is 2.83. The van der Waals surface area contributed by atoms with E-state index in [2.05, 4.69) is 29.0 Å². The fraction of sp³-hybridized carbons (Fsp3) is 0.733. The van der Waals surface area contributed by atoms with Crippen LogP contribution in [0.25, 0.3) is 0 Å². The number of aryl methyl sites for hydroxylation is 1. The van der Waals surface area contributed by atoms with E-state index in [-0.39, 0.29) is 0 Å². The molecule has 1 saturated heterocycles. The van der Waals surface area contributed by atoms with Crippen LogP contribution < -0.4 is 10.2 Å². The van der Waals surface area contributed by atoms with Crippen molar-refractivity contribution in [3.63, 3.8) is 0 Å². The average Bonchev–Trinajstić information content (AvgIpc) is 2.89. The molecule has 1 fully saturated rings. The predicted octanol–water partition coefficient (Wildman–Crippen LogP) is 2.25. The summed E-state index contributed by atoms with van der Waals surface area (Å²) in [4.78, 5) is 11.8. The first-order valence-electron chi connectivity index (χ1n) is 7.48. The molecule has 2 rings (SSSR count). The Morgan fingerprint density at radius 1 is 1.40 bits per heavy atom. The van der Waals surface area contributed by atoms with E-state index in [0.717, 1.165) is 55.6 Å². The van der Waals surface area contributed by atoms with Gasteiger partial charge >= 0.3 is 0 Å². The number of ether oxygens (including phenoxy) is 1. The van der Waals surface area contributed by atoms with Crippen molar-refractivity contribution in [1.82, 2.24) is 9.97 Å². The molecule has 5 heteroatoms. The molecule has 0 aromatic carbocycles. The molecule has 1 unspecified atom stereocenters. The third-order valence-corrected chi connectivity index (χ3v) is 3.86. The van der Waals surface area contributed by atoms with Crippen molar-refractivity contribution in [3.05, 3.63) is 11.4 Å². The van der Waals surface area contributed by atoms with E-state index in [4.69, 9.17) is 9.72 Å². The molecule has 1 aromatic heterocycles. The molecule has 1 aromatic rings. The topological polar surface area (TPSA) is 50.3 Å². The molecular weight excluding hydrogens is 252 g/mol. The van der Waals surface area contributed by atoms with E-state index in [9.17, 15) is 0 Å². The first kappa shape index (κ1) is 15.0. The normalized spacial score (nSPS) is 18.6. The molecule has 0 bridgehead atoms. The van der Waals surface area contributed by atoms with E-state index in [1.165, 1.54) is 6.42 Å². The molecule has 1 aliphatic rings. The van der Waals surface area contributed by atoms with Crippen LogP contribution in [-0.2, 0) is 11.2 Å². The molecule has 5 nitrogen and oxygen atoms in total. The average molecular weight is 278 g/mol. The van der Waals surface area contributed by atoms with Crippen LogP contribution in [0.4, 0.5) is 11.6 Å². The summed E-state index contributed by atoms with van der Waals surface area (Å²) in [6.45, 7) is 7.18. The van der Waals surface area contributed by atoms with E-state index >= 15 is 0 Å². The summed E-state index contributed by atoms with van der Waals surface area (Å²) in [7, 11) is 3.70. The van der Waals surface area contributed by atoms with Crippen molar-refractivity contribution in [3.8, 4) is 0 Å². The third kappa shape index (κ3) is 3.20. The highest BCUT2D eigenvalue weighted by Crippen LogP contribution is 2.28. The van der Waals surface area contributed by atoms with Gasteiger partial charge in [-0.3, -0.25) is 0 Å². The molecule has 0 amide bonds. The van der Waals surface area contributed by atoms with Crippen molar-refractivity contribution < 1.29 is 4.74 Å². The van der Waals surface area contributed by atoms with E-state index in [0.29, 0.717) is 5.92 Å². The number of hydrogen-bond donors (Lipinski definition) is 1. The highest BCUT2D eigenvalue weighted by Gasteiger charge is 2.25. The predicted molar refractivity (Wildman–Crippen MR) is 82.5 cm³/mol. The van der Waals surface area contributed by atoms with Crippen LogP contribution >= 0.6 is 0 Å². The lowest BCUT2D eigenvalue weighted by Crippen LogP contribution is -2.24. The van der Waals surface area contributed by atoms with E-state index in [1.807, 2.05) is 7.05 Å². The Bertz CT molecular complexity index is 450. The number of methoxy groups -OCH3 is 1. The van der Waals surface area contributed by atoms with Gasteiger partial charge in [0, 0.05) is 45.1 Å². The number of hydrogen-bond acceptors (Lipinski definition) is 5. The van der Waals surface area contributed by atoms with Gasteiger partial charge in [0.1, 0.15) is 17.5 Å². The molecule has 112 valence electrons. The minimum atomic E-state index is 0.613. The molecule has 0 saturated carbocycles. The third-order valence-electron chi connectivity index (χ3n) is 3.86. The number of nitrogens with one attached hydrogen (secondary N) is 1. The van der Waals surface area contributed by atoms with Gasteiger partial charge in [0.25, 0.3) is 0 Å². The number of aromatic nitrogens is 2. The number of nitrogens with zero attached hydrogens (tertiary/aromatic N) is 3. The van der Waals surface area contributed by atoms with Crippen LogP contribution in [0, 0.1) is 12.8 Å². The molecule has 2 heterocycles. The summed E-state index contributed by atoms with van der Waals surface area (Å²) in [6, 6.07) is 0. The number of rotatable bonds is 6. The van der Waals surface area contributed by atoms with Gasteiger partial charge in [0.05, 0.1) is 6.61 Å². The minimum Gasteiger partial charge on any atom is -0.384 e. The number of anilines is 2. The monoisotopic (exact) mass is 278 g/mol. The van der Waals surface area contributed by atoms with Crippen molar-refractivity contribution in [2.45, 2.75) is 33.1 Å². The summed E-state index contributed by atoms with van der Waals surface area (Å²) < 4.78 is 5.28. The fourth-order valence-corrected chi connectivity index (χ4v) is 2.83. The van der Waals surface area contributed by atoms with E-state index in [1.54, 1.807) is 7.11 Å². The van der Waals surface area contributed by atoms with Crippen molar-refractivity contribution in [2.75, 3.05) is 44.1 Å². The van der Waals surface area contributed by atoms with Crippen molar-refractivity contribution >= 4 is 11.6 Å². The SMILES string of the molecule is CCCc1nc(NC)c(C)c(N2CCC(COC)C2)n1. The maximum absolute atomic E-state index is 5.28. The molecular formula is C15H26N4O. The van der Waals surface area contributed by atoms with Gasteiger partial charge < -0.3 is 15.0 Å². The summed E-state index contributed by atoms with van der Waals surface area (Å²) in [6.07, 6.45) is 3.17. The first-order chi connectivity index (χ1) is 9.69. The van der Waals surface area contributed by atoms with Gasteiger partial charge in [-0.15, -0.1) is 0 Å². The lowest BCUT2D eigenvalue weighted by molar-refractivity contribution is 0.161. The first-order valence-corrected chi connectivity index (χ1v) is 7.48. The van der Waals surface area contributed by atoms with Crippen molar-refractivity contribution in [2.24, 2.45) is 5.92 Å². The Labute approximate surface area is 121 Å². The molecule has 1 N–H and O–H groups in total. The molecule has 0 radical (unpaired) electrons. The largest absolute Gasteiger partial charge is 0.384 e. The highest BCUT2D eigenvalue weighted by molar-refractivity contribution is 5.58. The smallest absolute Gasteiger partial charge is 0.137 e. The van der Waals surface area contributed by atoms with Crippen LogP contribution in [0.3, 0.4) is 0 Å². The Hall–Kier alpha value is -1.36. The second-order valence-corrected chi connectivity index (χ2v) is 5.49. The quantitative estimate of drug-likeness (QED) is 0.865. The maximum Gasteiger partial charge on any atom is 0.137 e. The van der Waals surface area contributed by atoms with Crippen molar-refractivity contribution in [1.29, 1.82) is 0 Å². The molecule has 0 aliphatic carbocycles. The summed E-state index contributed by atoms with van der Waals surface area (Å²) in [5.41, 5.74) is 1.14. The lowest BCUT2D eigenvalue weighted by atomic mass is 10.1. The summed E-state index contributed by atoms with van der Waals surface area (Å²) >= 11 is 0. The summed E-state index contributed by atoms with van der Waals surface area (Å²) in [5, 5.41) is 3.19. The molecule has 0 spiro atoms. The van der Waals surface area contributed by atoms with Crippen LogP contribution in [0.2, 0.25) is 0 Å². The van der Waals surface area contributed by atoms with E-state index < -0.39 is 0 Å². The Balaban J connectivity index is 2.24. The Kier molecular flexibility index (Phi) is 5.17. The van der Waals surface area contributed by atoms with Gasteiger partial charge in [-0.1, -0.05) is 6.92 Å². The molecule has 1 aliphatic heterocycles. The van der Waals surface area contributed by atoms with Gasteiger partial charge in [-0.25, -0.2) is 9.97 Å². The lowest BCUT2D eigenvalue weighted by Gasteiger charge is -2.22. The van der Waals surface area contributed by atoms with Crippen LogP contribution in [0.1, 0.15) is 31.2 Å². The zero-order valence-corrected chi connectivity index (χ0v) is 13.1. The zero-order chi connectivity index (χ0) is 14.5. The standard InChI is InChI=1S/C15H26N4O/c1-5-6-13-17-14(16-3)11(2)15(18-13)19-8-7-12(9-19)10-20-4/h12H,5-10H2,1-4H3,(H,16,17,18). The minimum absolute atomic E-state index is 0.613. The summed E-state index contributed by atoms with van der Waals surface area (Å²) in [5.74, 6) is 3.59. The van der Waals surface area contributed by atoms with Crippen LogP contribution in [0.5, 0.6) is 0 Å². The maximum atomic E-state index is 5.28. The van der Waals surface area contributed by atoms with Gasteiger partial charge in [-0.2, -0.15) is 0 Å². The molecule has 20 heavy (non-hydrogen) atoms. The second-order valence-electron chi connectivity index (χ2n) is 5.49. The van der Waals surface area contributed by atoms with Crippen LogP contribution in [0.15, 0.2) is 0 Å². The van der Waals surface area contributed by atoms with Crippen LogP contribution in [-0.4, -0.2) is 43.8 Å². The Morgan fingerprint density at radius 3 is 2.85 bits per heavy atom. The van der Waals surface area contributed by atoms with Gasteiger partial charge in [-0.05, 0) is 19.8 Å². The zero-order valence-electron chi connectivity index (χ0n) is 13.1. The second kappa shape index (κ2) is 6.88. The van der Waals surface area contributed by atoms with Gasteiger partial charge in [0.2, 0.25) is 0 Å². The van der Waals surface area contributed by atoms with Gasteiger partial charge in [0.15, 0.2) is 0 Å².